The normalized spacial score (nSPS) is 30.9. The van der Waals surface area contributed by atoms with E-state index in [1.165, 1.54) is 44.9 Å². The van der Waals surface area contributed by atoms with E-state index in [-0.39, 0.29) is 6.09 Å². The van der Waals surface area contributed by atoms with Crippen LogP contribution in [0.3, 0.4) is 0 Å². The van der Waals surface area contributed by atoms with E-state index in [1.807, 2.05) is 20.8 Å². The van der Waals surface area contributed by atoms with E-state index < -0.39 is 5.60 Å². The van der Waals surface area contributed by atoms with Gasteiger partial charge < -0.3 is 15.4 Å². The SMILES string of the molecule is CC(C)(C)OC(=O)NCC1CCCCC1NC1CCCC1(C)C. The summed E-state index contributed by atoms with van der Waals surface area (Å²) in [6.45, 7) is 11.2. The van der Waals surface area contributed by atoms with Crippen LogP contribution in [0.25, 0.3) is 0 Å². The maximum atomic E-state index is 11.9. The van der Waals surface area contributed by atoms with Gasteiger partial charge in [-0.2, -0.15) is 0 Å². The first-order chi connectivity index (χ1) is 10.7. The van der Waals surface area contributed by atoms with Crippen LogP contribution >= 0.6 is 0 Å². The molecule has 2 rings (SSSR count). The minimum absolute atomic E-state index is 0.289. The number of carbonyl (C=O) groups is 1. The van der Waals surface area contributed by atoms with E-state index in [9.17, 15) is 4.79 Å². The average Bonchev–Trinajstić information content (AvgIpc) is 2.75. The molecule has 2 aliphatic rings. The van der Waals surface area contributed by atoms with Crippen LogP contribution in [0.1, 0.15) is 79.6 Å². The molecule has 1 amide bonds. The third-order valence-electron chi connectivity index (χ3n) is 5.49. The molecule has 0 bridgehead atoms. The summed E-state index contributed by atoms with van der Waals surface area (Å²) in [7, 11) is 0. The molecule has 2 aliphatic carbocycles. The summed E-state index contributed by atoms with van der Waals surface area (Å²) in [4.78, 5) is 11.9. The van der Waals surface area contributed by atoms with Crippen molar-refractivity contribution in [2.75, 3.05) is 6.54 Å². The Morgan fingerprint density at radius 3 is 2.43 bits per heavy atom. The van der Waals surface area contributed by atoms with Gasteiger partial charge in [-0.3, -0.25) is 0 Å². The van der Waals surface area contributed by atoms with Crippen molar-refractivity contribution in [2.24, 2.45) is 11.3 Å². The average molecular weight is 325 g/mol. The Balaban J connectivity index is 1.85. The van der Waals surface area contributed by atoms with Crippen LogP contribution in [0.15, 0.2) is 0 Å². The molecule has 134 valence electrons. The van der Waals surface area contributed by atoms with Crippen molar-refractivity contribution in [1.29, 1.82) is 0 Å². The largest absolute Gasteiger partial charge is 0.444 e. The van der Waals surface area contributed by atoms with Gasteiger partial charge in [0, 0.05) is 18.6 Å². The Labute approximate surface area is 142 Å². The number of hydrogen-bond donors (Lipinski definition) is 2. The predicted molar refractivity (Wildman–Crippen MR) is 94.5 cm³/mol. The maximum absolute atomic E-state index is 11.9. The number of hydrogen-bond acceptors (Lipinski definition) is 3. The van der Waals surface area contributed by atoms with Gasteiger partial charge in [0.1, 0.15) is 5.60 Å². The molecule has 0 saturated heterocycles. The molecule has 2 N–H and O–H groups in total. The minimum atomic E-state index is -0.428. The summed E-state index contributed by atoms with van der Waals surface area (Å²) in [5, 5.41) is 6.92. The Kier molecular flexibility index (Phi) is 5.99. The molecule has 4 heteroatoms. The Morgan fingerprint density at radius 2 is 1.83 bits per heavy atom. The molecule has 23 heavy (non-hydrogen) atoms. The van der Waals surface area contributed by atoms with Gasteiger partial charge in [-0.05, 0) is 57.8 Å². The summed E-state index contributed by atoms with van der Waals surface area (Å²) >= 11 is 0. The van der Waals surface area contributed by atoms with Crippen LogP contribution in [0.4, 0.5) is 4.79 Å². The summed E-state index contributed by atoms with van der Waals surface area (Å²) in [6, 6.07) is 1.15. The van der Waals surface area contributed by atoms with Gasteiger partial charge in [-0.1, -0.05) is 33.1 Å². The van der Waals surface area contributed by atoms with Crippen molar-refractivity contribution in [1.82, 2.24) is 10.6 Å². The fraction of sp³-hybridized carbons (Fsp3) is 0.947. The Morgan fingerprint density at radius 1 is 1.13 bits per heavy atom. The van der Waals surface area contributed by atoms with Crippen LogP contribution in [0, 0.1) is 11.3 Å². The monoisotopic (exact) mass is 324 g/mol. The molecule has 0 aromatic heterocycles. The number of ether oxygens (including phenoxy) is 1. The van der Waals surface area contributed by atoms with E-state index in [2.05, 4.69) is 24.5 Å². The molecule has 3 unspecified atom stereocenters. The quantitative estimate of drug-likeness (QED) is 0.813. The van der Waals surface area contributed by atoms with Crippen molar-refractivity contribution >= 4 is 6.09 Å². The van der Waals surface area contributed by atoms with Crippen molar-refractivity contribution in [3.63, 3.8) is 0 Å². The lowest BCUT2D eigenvalue weighted by molar-refractivity contribution is 0.0508. The van der Waals surface area contributed by atoms with Crippen LogP contribution < -0.4 is 10.6 Å². The van der Waals surface area contributed by atoms with Crippen molar-refractivity contribution in [3.05, 3.63) is 0 Å². The highest BCUT2D eigenvalue weighted by molar-refractivity contribution is 5.67. The van der Waals surface area contributed by atoms with E-state index >= 15 is 0 Å². The predicted octanol–water partition coefficient (Wildman–Crippen LogP) is 4.24. The van der Waals surface area contributed by atoms with E-state index in [1.54, 1.807) is 0 Å². The zero-order valence-corrected chi connectivity index (χ0v) is 15.7. The number of amides is 1. The highest BCUT2D eigenvalue weighted by Crippen LogP contribution is 2.38. The second kappa shape index (κ2) is 7.42. The molecule has 2 saturated carbocycles. The van der Waals surface area contributed by atoms with Gasteiger partial charge in [0.2, 0.25) is 0 Å². The van der Waals surface area contributed by atoms with Gasteiger partial charge in [-0.25, -0.2) is 4.79 Å². The summed E-state index contributed by atoms with van der Waals surface area (Å²) in [5.74, 6) is 0.521. The molecular weight excluding hydrogens is 288 g/mol. The van der Waals surface area contributed by atoms with Crippen molar-refractivity contribution < 1.29 is 9.53 Å². The summed E-state index contributed by atoms with van der Waals surface area (Å²) < 4.78 is 5.36. The number of rotatable bonds is 4. The van der Waals surface area contributed by atoms with Crippen LogP contribution in [0.5, 0.6) is 0 Å². The second-order valence-corrected chi connectivity index (χ2v) is 9.13. The maximum Gasteiger partial charge on any atom is 0.407 e. The highest BCUT2D eigenvalue weighted by atomic mass is 16.6. The first-order valence-corrected chi connectivity index (χ1v) is 9.40. The highest BCUT2D eigenvalue weighted by Gasteiger charge is 2.37. The minimum Gasteiger partial charge on any atom is -0.444 e. The first-order valence-electron chi connectivity index (χ1n) is 9.40. The Bertz CT molecular complexity index is 401. The lowest BCUT2D eigenvalue weighted by Gasteiger charge is -2.38. The fourth-order valence-electron chi connectivity index (χ4n) is 4.09. The molecule has 0 radical (unpaired) electrons. The van der Waals surface area contributed by atoms with Gasteiger partial charge in [-0.15, -0.1) is 0 Å². The summed E-state index contributed by atoms with van der Waals surface area (Å²) in [5.41, 5.74) is -0.0250. The lowest BCUT2D eigenvalue weighted by Crippen LogP contribution is -2.51. The van der Waals surface area contributed by atoms with E-state index in [4.69, 9.17) is 4.74 Å². The molecule has 0 spiro atoms. The topological polar surface area (TPSA) is 50.4 Å². The van der Waals surface area contributed by atoms with Gasteiger partial charge in [0.25, 0.3) is 0 Å². The smallest absolute Gasteiger partial charge is 0.407 e. The third kappa shape index (κ3) is 5.66. The van der Waals surface area contributed by atoms with Crippen molar-refractivity contribution in [3.8, 4) is 0 Å². The molecule has 0 aromatic rings. The molecule has 0 aromatic carbocycles. The standard InChI is InChI=1S/C19H36N2O2/c1-18(2,3)23-17(22)20-13-14-9-6-7-10-15(14)21-16-11-8-12-19(16,4)5/h14-16,21H,6-13H2,1-5H3,(H,20,22). The van der Waals surface area contributed by atoms with Crippen LogP contribution in [-0.4, -0.2) is 30.3 Å². The number of carbonyl (C=O) groups excluding carboxylic acids is 1. The number of nitrogens with one attached hydrogen (secondary N) is 2. The molecule has 4 nitrogen and oxygen atoms in total. The molecule has 3 atom stereocenters. The Hall–Kier alpha value is -0.770. The first kappa shape index (κ1) is 18.6. The zero-order chi connectivity index (χ0) is 17.1. The molecule has 0 heterocycles. The second-order valence-electron chi connectivity index (χ2n) is 9.13. The molecular formula is C19H36N2O2. The third-order valence-corrected chi connectivity index (χ3v) is 5.49. The molecule has 2 fully saturated rings. The molecule has 0 aliphatic heterocycles. The van der Waals surface area contributed by atoms with Gasteiger partial charge in [0.15, 0.2) is 0 Å². The van der Waals surface area contributed by atoms with Crippen LogP contribution in [0.2, 0.25) is 0 Å². The fourth-order valence-corrected chi connectivity index (χ4v) is 4.09. The zero-order valence-electron chi connectivity index (χ0n) is 15.7. The summed E-state index contributed by atoms with van der Waals surface area (Å²) in [6.07, 6.45) is 8.64. The van der Waals surface area contributed by atoms with E-state index in [0.717, 1.165) is 6.54 Å². The lowest BCUT2D eigenvalue weighted by atomic mass is 9.81. The van der Waals surface area contributed by atoms with Crippen molar-refractivity contribution in [2.45, 2.75) is 97.2 Å². The van der Waals surface area contributed by atoms with E-state index in [0.29, 0.717) is 23.4 Å². The van der Waals surface area contributed by atoms with Gasteiger partial charge >= 0.3 is 6.09 Å². The van der Waals surface area contributed by atoms with Gasteiger partial charge in [0.05, 0.1) is 0 Å². The van der Waals surface area contributed by atoms with Crippen LogP contribution in [-0.2, 0) is 4.74 Å². The number of alkyl carbamates (subject to hydrolysis) is 1.